The topological polar surface area (TPSA) is 43.4 Å². The van der Waals surface area contributed by atoms with Gasteiger partial charge in [0.25, 0.3) is 0 Å². The Morgan fingerprint density at radius 3 is 2.20 bits per heavy atom. The molecule has 0 saturated heterocycles. The maximum Gasteiger partial charge on any atom is 0.316 e. The van der Waals surface area contributed by atoms with Crippen LogP contribution in [0.1, 0.15) is 38.1 Å². The van der Waals surface area contributed by atoms with Gasteiger partial charge in [0.2, 0.25) is 0 Å². The number of thioether (sulfide) groups is 1. The van der Waals surface area contributed by atoms with Crippen molar-refractivity contribution < 1.29 is 14.3 Å². The first kappa shape index (κ1) is 16.8. The van der Waals surface area contributed by atoms with Gasteiger partial charge in [-0.1, -0.05) is 39.8 Å². The highest BCUT2D eigenvalue weighted by atomic mass is 32.2. The minimum atomic E-state index is -0.203. The third kappa shape index (κ3) is 5.78. The maximum atomic E-state index is 11.8. The summed E-state index contributed by atoms with van der Waals surface area (Å²) in [6, 6.07) is 7.36. The molecule has 0 saturated carbocycles. The van der Waals surface area contributed by atoms with Crippen molar-refractivity contribution >= 4 is 23.5 Å². The van der Waals surface area contributed by atoms with Crippen LogP contribution in [0.15, 0.2) is 29.2 Å². The predicted octanol–water partition coefficient (Wildman–Crippen LogP) is 3.82. The lowest BCUT2D eigenvalue weighted by Gasteiger charge is -2.07. The van der Waals surface area contributed by atoms with Gasteiger partial charge >= 0.3 is 5.97 Å². The van der Waals surface area contributed by atoms with Crippen LogP contribution >= 0.6 is 11.8 Å². The van der Waals surface area contributed by atoms with Gasteiger partial charge in [-0.05, 0) is 18.1 Å². The van der Waals surface area contributed by atoms with Gasteiger partial charge in [0.05, 0.1) is 12.4 Å². The highest BCUT2D eigenvalue weighted by Gasteiger charge is 2.10. The third-order valence-electron chi connectivity index (χ3n) is 2.60. The Morgan fingerprint density at radius 1 is 1.10 bits per heavy atom. The Balaban J connectivity index is 2.46. The largest absolute Gasteiger partial charge is 0.465 e. The lowest BCUT2D eigenvalue weighted by molar-refractivity contribution is -0.141. The minimum absolute atomic E-state index is 0.000450. The molecule has 4 heteroatoms. The van der Waals surface area contributed by atoms with Crippen LogP contribution in [0.3, 0.4) is 0 Å². The van der Waals surface area contributed by atoms with Gasteiger partial charge in [0, 0.05) is 16.4 Å². The number of ketones is 1. The van der Waals surface area contributed by atoms with Gasteiger partial charge in [0.15, 0.2) is 5.78 Å². The molecule has 0 unspecified atom stereocenters. The van der Waals surface area contributed by atoms with Crippen molar-refractivity contribution in [1.29, 1.82) is 0 Å². The van der Waals surface area contributed by atoms with Crippen LogP contribution in [0, 0.1) is 11.8 Å². The van der Waals surface area contributed by atoms with E-state index < -0.39 is 0 Å². The summed E-state index contributed by atoms with van der Waals surface area (Å²) in [4.78, 5) is 24.2. The molecule has 0 aliphatic rings. The van der Waals surface area contributed by atoms with Gasteiger partial charge in [-0.2, -0.15) is 0 Å². The van der Waals surface area contributed by atoms with Gasteiger partial charge in [-0.25, -0.2) is 0 Å². The standard InChI is InChI=1S/C16H22O3S/c1-11(2)9-19-15(17)10-20-14-7-5-13(6-8-14)16(18)12(3)4/h5-8,11-12H,9-10H2,1-4H3. The smallest absolute Gasteiger partial charge is 0.316 e. The van der Waals surface area contributed by atoms with Crippen molar-refractivity contribution in [3.8, 4) is 0 Å². The van der Waals surface area contributed by atoms with Crippen LogP contribution in [-0.2, 0) is 9.53 Å². The summed E-state index contributed by atoms with van der Waals surface area (Å²) in [5, 5.41) is 0. The zero-order chi connectivity index (χ0) is 15.1. The normalized spacial score (nSPS) is 10.9. The predicted molar refractivity (Wildman–Crippen MR) is 82.1 cm³/mol. The van der Waals surface area contributed by atoms with E-state index in [2.05, 4.69) is 0 Å². The second-order valence-electron chi connectivity index (χ2n) is 5.41. The number of benzene rings is 1. The SMILES string of the molecule is CC(C)COC(=O)CSc1ccc(C(=O)C(C)C)cc1. The Morgan fingerprint density at radius 2 is 1.70 bits per heavy atom. The maximum absolute atomic E-state index is 11.8. The molecule has 110 valence electrons. The number of hydrogen-bond donors (Lipinski definition) is 0. The Kier molecular flexibility index (Phi) is 6.79. The van der Waals surface area contributed by atoms with E-state index >= 15 is 0 Å². The monoisotopic (exact) mass is 294 g/mol. The molecule has 0 spiro atoms. The summed E-state index contributed by atoms with van der Waals surface area (Å²) >= 11 is 1.42. The first-order valence-electron chi connectivity index (χ1n) is 6.83. The van der Waals surface area contributed by atoms with Crippen LogP contribution in [0.5, 0.6) is 0 Å². The average molecular weight is 294 g/mol. The van der Waals surface area contributed by atoms with E-state index in [1.165, 1.54) is 11.8 Å². The third-order valence-corrected chi connectivity index (χ3v) is 3.58. The van der Waals surface area contributed by atoms with E-state index in [9.17, 15) is 9.59 Å². The number of carbonyl (C=O) groups excluding carboxylic acids is 2. The van der Waals surface area contributed by atoms with Gasteiger partial charge in [0.1, 0.15) is 0 Å². The summed E-state index contributed by atoms with van der Waals surface area (Å²) < 4.78 is 5.10. The fourth-order valence-electron chi connectivity index (χ4n) is 1.49. The molecule has 0 heterocycles. The first-order chi connectivity index (χ1) is 9.40. The molecule has 0 aliphatic carbocycles. The fourth-order valence-corrected chi connectivity index (χ4v) is 2.19. The number of Topliss-reactive ketones (excluding diaryl/α,β-unsaturated/α-hetero) is 1. The van der Waals surface area contributed by atoms with Crippen molar-refractivity contribution in [1.82, 2.24) is 0 Å². The summed E-state index contributed by atoms with van der Waals surface area (Å²) in [5.74, 6) is 0.582. The molecule has 20 heavy (non-hydrogen) atoms. The molecule has 1 aromatic carbocycles. The van der Waals surface area contributed by atoms with Crippen LogP contribution in [0.2, 0.25) is 0 Å². The molecule has 0 aromatic heterocycles. The van der Waals surface area contributed by atoms with E-state index in [4.69, 9.17) is 4.74 Å². The molecule has 1 aromatic rings. The molecule has 0 radical (unpaired) electrons. The van der Waals surface area contributed by atoms with Crippen molar-refractivity contribution in [2.24, 2.45) is 11.8 Å². The number of carbonyl (C=O) groups is 2. The first-order valence-corrected chi connectivity index (χ1v) is 7.81. The lowest BCUT2D eigenvalue weighted by Crippen LogP contribution is -2.11. The molecule has 0 bridgehead atoms. The molecule has 0 amide bonds. The molecule has 3 nitrogen and oxygen atoms in total. The number of esters is 1. The van der Waals surface area contributed by atoms with Crippen molar-refractivity contribution in [2.75, 3.05) is 12.4 Å². The number of hydrogen-bond acceptors (Lipinski definition) is 4. The van der Waals surface area contributed by atoms with Crippen molar-refractivity contribution in [3.63, 3.8) is 0 Å². The Labute approximate surface area is 125 Å². The zero-order valence-corrected chi connectivity index (χ0v) is 13.3. The molecular weight excluding hydrogens is 272 g/mol. The summed E-state index contributed by atoms with van der Waals surface area (Å²) in [6.07, 6.45) is 0. The van der Waals surface area contributed by atoms with Crippen molar-refractivity contribution in [3.05, 3.63) is 29.8 Å². The van der Waals surface area contributed by atoms with Crippen LogP contribution in [-0.4, -0.2) is 24.1 Å². The Bertz CT molecular complexity index is 449. The van der Waals surface area contributed by atoms with Crippen molar-refractivity contribution in [2.45, 2.75) is 32.6 Å². The quantitative estimate of drug-likeness (QED) is 0.435. The molecule has 0 aliphatic heterocycles. The average Bonchev–Trinajstić information content (AvgIpc) is 2.42. The summed E-state index contributed by atoms with van der Waals surface area (Å²) in [5.41, 5.74) is 0.715. The minimum Gasteiger partial charge on any atom is -0.465 e. The molecule has 0 fully saturated rings. The summed E-state index contributed by atoms with van der Waals surface area (Å²) in [6.45, 7) is 8.24. The fraction of sp³-hybridized carbons (Fsp3) is 0.500. The van der Waals surface area contributed by atoms with Gasteiger partial charge in [-0.3, -0.25) is 9.59 Å². The second kappa shape index (κ2) is 8.10. The van der Waals surface area contributed by atoms with E-state index in [0.717, 1.165) is 4.90 Å². The second-order valence-corrected chi connectivity index (χ2v) is 6.46. The van der Waals surface area contributed by atoms with Crippen LogP contribution in [0.25, 0.3) is 0 Å². The number of ether oxygens (including phenoxy) is 1. The molecule has 0 N–H and O–H groups in total. The van der Waals surface area contributed by atoms with Crippen LogP contribution < -0.4 is 0 Å². The van der Waals surface area contributed by atoms with Crippen LogP contribution in [0.4, 0.5) is 0 Å². The Hall–Kier alpha value is -1.29. The zero-order valence-electron chi connectivity index (χ0n) is 12.5. The van der Waals surface area contributed by atoms with E-state index in [1.54, 1.807) is 0 Å². The van der Waals surface area contributed by atoms with E-state index in [1.807, 2.05) is 52.0 Å². The molecular formula is C16H22O3S. The lowest BCUT2D eigenvalue weighted by atomic mass is 10.0. The molecule has 1 rings (SSSR count). The number of rotatable bonds is 7. The highest BCUT2D eigenvalue weighted by molar-refractivity contribution is 8.00. The van der Waals surface area contributed by atoms with Gasteiger partial charge in [-0.15, -0.1) is 11.8 Å². The van der Waals surface area contributed by atoms with E-state index in [-0.39, 0.29) is 17.7 Å². The summed E-state index contributed by atoms with van der Waals surface area (Å²) in [7, 11) is 0. The van der Waals surface area contributed by atoms with Gasteiger partial charge < -0.3 is 4.74 Å². The van der Waals surface area contributed by atoms with E-state index in [0.29, 0.717) is 23.8 Å². The molecule has 0 atom stereocenters. The highest BCUT2D eigenvalue weighted by Crippen LogP contribution is 2.20.